The molecule has 0 saturated heterocycles. The monoisotopic (exact) mass is 330 g/mol. The SMILES string of the molecule is CCc1nnc(NC(=O)/C(C#N)=C/c2ccc(OC)c(O)c2)s1. The molecule has 7 nitrogen and oxygen atoms in total. The number of aromatic nitrogens is 2. The molecule has 2 aromatic rings. The van der Waals surface area contributed by atoms with E-state index in [9.17, 15) is 9.90 Å². The fraction of sp³-hybridized carbons (Fsp3) is 0.200. The first-order valence-corrected chi connectivity index (χ1v) is 7.51. The van der Waals surface area contributed by atoms with Crippen LogP contribution in [-0.2, 0) is 11.2 Å². The van der Waals surface area contributed by atoms with Crippen LogP contribution in [-0.4, -0.2) is 28.3 Å². The predicted octanol–water partition coefficient (Wildman–Crippen LogP) is 2.36. The highest BCUT2D eigenvalue weighted by molar-refractivity contribution is 7.15. The van der Waals surface area contributed by atoms with Crippen LogP contribution in [0, 0.1) is 11.3 Å². The first-order valence-electron chi connectivity index (χ1n) is 6.70. The molecule has 0 fully saturated rings. The molecule has 1 heterocycles. The van der Waals surface area contributed by atoms with Gasteiger partial charge in [-0.2, -0.15) is 5.26 Å². The lowest BCUT2D eigenvalue weighted by molar-refractivity contribution is -0.112. The summed E-state index contributed by atoms with van der Waals surface area (Å²) in [4.78, 5) is 12.1. The van der Waals surface area contributed by atoms with Gasteiger partial charge in [-0.15, -0.1) is 10.2 Å². The summed E-state index contributed by atoms with van der Waals surface area (Å²) in [5.41, 5.74) is 0.393. The molecule has 2 rings (SSSR count). The van der Waals surface area contributed by atoms with Crippen LogP contribution in [0.2, 0.25) is 0 Å². The van der Waals surface area contributed by atoms with E-state index in [0.29, 0.717) is 16.4 Å². The van der Waals surface area contributed by atoms with Gasteiger partial charge in [0.1, 0.15) is 16.6 Å². The van der Waals surface area contributed by atoms with E-state index in [2.05, 4.69) is 15.5 Å². The zero-order valence-electron chi connectivity index (χ0n) is 12.5. The summed E-state index contributed by atoms with van der Waals surface area (Å²) in [6.07, 6.45) is 2.09. The Morgan fingerprint density at radius 2 is 2.30 bits per heavy atom. The summed E-state index contributed by atoms with van der Waals surface area (Å²) < 4.78 is 4.94. The minimum absolute atomic E-state index is 0.0735. The van der Waals surface area contributed by atoms with Crippen molar-refractivity contribution in [2.45, 2.75) is 13.3 Å². The van der Waals surface area contributed by atoms with Gasteiger partial charge in [-0.3, -0.25) is 10.1 Å². The van der Waals surface area contributed by atoms with Crippen molar-refractivity contribution in [3.63, 3.8) is 0 Å². The number of methoxy groups -OCH3 is 1. The number of phenols is 1. The number of rotatable bonds is 5. The van der Waals surface area contributed by atoms with E-state index in [1.165, 1.54) is 30.6 Å². The molecular weight excluding hydrogens is 316 g/mol. The number of anilines is 1. The molecule has 0 spiro atoms. The van der Waals surface area contributed by atoms with Gasteiger partial charge in [0.05, 0.1) is 7.11 Å². The number of carbonyl (C=O) groups is 1. The predicted molar refractivity (Wildman–Crippen MR) is 86.2 cm³/mol. The first kappa shape index (κ1) is 16.5. The normalized spacial score (nSPS) is 10.9. The van der Waals surface area contributed by atoms with Crippen molar-refractivity contribution in [1.29, 1.82) is 5.26 Å². The van der Waals surface area contributed by atoms with Gasteiger partial charge in [-0.05, 0) is 30.2 Å². The van der Waals surface area contributed by atoms with Crippen LogP contribution in [0.5, 0.6) is 11.5 Å². The summed E-state index contributed by atoms with van der Waals surface area (Å²) in [6.45, 7) is 1.93. The third-order valence-electron chi connectivity index (χ3n) is 2.87. The molecule has 0 aliphatic rings. The number of benzene rings is 1. The Kier molecular flexibility index (Phi) is 5.28. The molecule has 118 valence electrons. The van der Waals surface area contributed by atoms with Crippen molar-refractivity contribution in [3.05, 3.63) is 34.3 Å². The van der Waals surface area contributed by atoms with Gasteiger partial charge >= 0.3 is 0 Å². The van der Waals surface area contributed by atoms with E-state index < -0.39 is 5.91 Å². The molecule has 0 saturated carbocycles. The second kappa shape index (κ2) is 7.38. The fourth-order valence-corrected chi connectivity index (χ4v) is 2.40. The maximum Gasteiger partial charge on any atom is 0.268 e. The molecule has 1 amide bonds. The van der Waals surface area contributed by atoms with Gasteiger partial charge < -0.3 is 9.84 Å². The molecule has 1 aromatic heterocycles. The average Bonchev–Trinajstić information content (AvgIpc) is 3.00. The quantitative estimate of drug-likeness (QED) is 0.643. The molecule has 1 aromatic carbocycles. The Balaban J connectivity index is 2.19. The van der Waals surface area contributed by atoms with Crippen LogP contribution >= 0.6 is 11.3 Å². The molecule has 0 aliphatic carbocycles. The second-order valence-corrected chi connectivity index (χ2v) is 5.47. The minimum atomic E-state index is -0.582. The Morgan fingerprint density at radius 1 is 1.52 bits per heavy atom. The van der Waals surface area contributed by atoms with Gasteiger partial charge in [0.15, 0.2) is 11.5 Å². The van der Waals surface area contributed by atoms with E-state index in [1.54, 1.807) is 12.1 Å². The van der Waals surface area contributed by atoms with E-state index in [0.717, 1.165) is 11.4 Å². The van der Waals surface area contributed by atoms with Gasteiger partial charge in [-0.1, -0.05) is 24.3 Å². The van der Waals surface area contributed by atoms with Gasteiger partial charge in [-0.25, -0.2) is 0 Å². The number of aryl methyl sites for hydroxylation is 1. The standard InChI is InChI=1S/C15H14N4O3S/c1-3-13-18-19-15(23-13)17-14(21)10(8-16)6-9-4-5-12(22-2)11(20)7-9/h4-7,20H,3H2,1-2H3,(H,17,19,21)/b10-6+. The van der Waals surface area contributed by atoms with Crippen molar-refractivity contribution in [2.24, 2.45) is 0 Å². The summed E-state index contributed by atoms with van der Waals surface area (Å²) in [6, 6.07) is 6.41. The number of carbonyl (C=O) groups excluding carboxylic acids is 1. The number of phenolic OH excluding ortho intramolecular Hbond substituents is 1. The molecule has 2 N–H and O–H groups in total. The highest BCUT2D eigenvalue weighted by Gasteiger charge is 2.13. The molecule has 0 atom stereocenters. The van der Waals surface area contributed by atoms with Crippen LogP contribution in [0.25, 0.3) is 6.08 Å². The highest BCUT2D eigenvalue weighted by Crippen LogP contribution is 2.27. The lowest BCUT2D eigenvalue weighted by atomic mass is 10.1. The average molecular weight is 330 g/mol. The smallest absolute Gasteiger partial charge is 0.268 e. The Labute approximate surface area is 136 Å². The number of nitrogens with one attached hydrogen (secondary N) is 1. The lowest BCUT2D eigenvalue weighted by Crippen LogP contribution is -2.13. The first-order chi connectivity index (χ1) is 11.1. The molecule has 8 heteroatoms. The fourth-order valence-electron chi connectivity index (χ4n) is 1.72. The minimum Gasteiger partial charge on any atom is -0.504 e. The second-order valence-electron chi connectivity index (χ2n) is 4.41. The van der Waals surface area contributed by atoms with Crippen molar-refractivity contribution in [1.82, 2.24) is 10.2 Å². The van der Waals surface area contributed by atoms with E-state index >= 15 is 0 Å². The van der Waals surface area contributed by atoms with Crippen LogP contribution < -0.4 is 10.1 Å². The van der Waals surface area contributed by atoms with E-state index in [-0.39, 0.29) is 11.3 Å². The number of ether oxygens (including phenoxy) is 1. The molecular formula is C15H14N4O3S. The van der Waals surface area contributed by atoms with Crippen LogP contribution in [0.15, 0.2) is 23.8 Å². The topological polar surface area (TPSA) is 108 Å². The third-order valence-corrected chi connectivity index (χ3v) is 3.85. The van der Waals surface area contributed by atoms with E-state index in [1.807, 2.05) is 13.0 Å². The molecule has 0 unspecified atom stereocenters. The maximum atomic E-state index is 12.1. The summed E-state index contributed by atoms with van der Waals surface area (Å²) >= 11 is 1.26. The largest absolute Gasteiger partial charge is 0.504 e. The molecule has 0 bridgehead atoms. The van der Waals surface area contributed by atoms with Crippen molar-refractivity contribution in [3.8, 4) is 17.6 Å². The summed E-state index contributed by atoms with van der Waals surface area (Å²) in [5, 5.41) is 30.3. The number of hydrogen-bond donors (Lipinski definition) is 2. The van der Waals surface area contributed by atoms with Crippen LogP contribution in [0.4, 0.5) is 5.13 Å². The Bertz CT molecular complexity index is 792. The summed E-state index contributed by atoms with van der Waals surface area (Å²) in [5.74, 6) is -0.344. The van der Waals surface area contributed by atoms with Crippen molar-refractivity contribution < 1.29 is 14.6 Å². The molecule has 0 aliphatic heterocycles. The highest BCUT2D eigenvalue weighted by atomic mass is 32.1. The van der Waals surface area contributed by atoms with Crippen molar-refractivity contribution >= 4 is 28.5 Å². The number of amides is 1. The zero-order chi connectivity index (χ0) is 16.8. The molecule has 0 radical (unpaired) electrons. The van der Waals surface area contributed by atoms with E-state index in [4.69, 9.17) is 10.00 Å². The van der Waals surface area contributed by atoms with Crippen LogP contribution in [0.1, 0.15) is 17.5 Å². The number of nitriles is 1. The Hall–Kier alpha value is -2.92. The number of nitrogens with zero attached hydrogens (tertiary/aromatic N) is 3. The van der Waals surface area contributed by atoms with Crippen molar-refractivity contribution in [2.75, 3.05) is 12.4 Å². The van der Waals surface area contributed by atoms with Gasteiger partial charge in [0.2, 0.25) is 5.13 Å². The summed E-state index contributed by atoms with van der Waals surface area (Å²) in [7, 11) is 1.44. The maximum absolute atomic E-state index is 12.1. The van der Waals surface area contributed by atoms with Gasteiger partial charge in [0, 0.05) is 0 Å². The lowest BCUT2D eigenvalue weighted by Gasteiger charge is -2.04. The molecule has 23 heavy (non-hydrogen) atoms. The zero-order valence-corrected chi connectivity index (χ0v) is 13.3. The van der Waals surface area contributed by atoms with Gasteiger partial charge in [0.25, 0.3) is 5.91 Å². The number of hydrogen-bond acceptors (Lipinski definition) is 7. The van der Waals surface area contributed by atoms with Crippen LogP contribution in [0.3, 0.4) is 0 Å². The Morgan fingerprint density at radius 3 is 2.87 bits per heavy atom. The number of aromatic hydroxyl groups is 1. The third kappa shape index (κ3) is 4.05.